The molecule has 124 valence electrons. The summed E-state index contributed by atoms with van der Waals surface area (Å²) in [5.41, 5.74) is 6.38. The molecule has 0 aliphatic carbocycles. The molecule has 4 heteroatoms. The molecule has 2 aromatic rings. The molecule has 4 nitrogen and oxygen atoms in total. The Balaban J connectivity index is 2.08. The molecule has 0 amide bonds. The highest BCUT2D eigenvalue weighted by Gasteiger charge is 2.24. The van der Waals surface area contributed by atoms with Crippen LogP contribution in [0.5, 0.6) is 0 Å². The van der Waals surface area contributed by atoms with E-state index < -0.39 is 5.97 Å². The van der Waals surface area contributed by atoms with E-state index in [0.29, 0.717) is 12.5 Å². The van der Waals surface area contributed by atoms with E-state index in [0.717, 1.165) is 13.1 Å². The van der Waals surface area contributed by atoms with Gasteiger partial charge >= 0.3 is 5.97 Å². The minimum Gasteiger partial charge on any atom is -0.481 e. The Hall–Kier alpha value is -1.81. The number of fused-ring (bicyclic) bond motifs is 2. The number of nitrogens with zero attached hydrogens (tertiary/aromatic N) is 2. The third-order valence-corrected chi connectivity index (χ3v) is 5.35. The van der Waals surface area contributed by atoms with Crippen LogP contribution >= 0.6 is 0 Å². The van der Waals surface area contributed by atoms with Crippen molar-refractivity contribution in [1.82, 2.24) is 9.47 Å². The van der Waals surface area contributed by atoms with Crippen molar-refractivity contribution in [2.24, 2.45) is 13.0 Å². The molecule has 23 heavy (non-hydrogen) atoms. The second-order valence-corrected chi connectivity index (χ2v) is 7.20. The van der Waals surface area contributed by atoms with Crippen molar-refractivity contribution in [2.45, 2.75) is 53.2 Å². The standard InChI is InChI=1S/C19H26N2O2/c1-11(2)21-9-14-7-17-16(6-12(3)19(22)23)13(4)20(5)18(17)8-15(14)10-21/h7-8,11-12H,6,9-10H2,1-5H3,(H,22,23). The molecule has 1 aromatic heterocycles. The largest absolute Gasteiger partial charge is 0.481 e. The van der Waals surface area contributed by atoms with Crippen molar-refractivity contribution in [2.75, 3.05) is 0 Å². The zero-order valence-corrected chi connectivity index (χ0v) is 14.7. The van der Waals surface area contributed by atoms with Gasteiger partial charge in [0, 0.05) is 42.8 Å². The van der Waals surface area contributed by atoms with E-state index in [4.69, 9.17) is 0 Å². The fourth-order valence-electron chi connectivity index (χ4n) is 3.58. The number of rotatable bonds is 4. The van der Waals surface area contributed by atoms with Crippen LogP contribution in [0.2, 0.25) is 0 Å². The first kappa shape index (κ1) is 16.1. The molecule has 2 heterocycles. The van der Waals surface area contributed by atoms with Gasteiger partial charge in [0.1, 0.15) is 0 Å². The summed E-state index contributed by atoms with van der Waals surface area (Å²) in [6, 6.07) is 5.14. The highest BCUT2D eigenvalue weighted by Crippen LogP contribution is 2.34. The van der Waals surface area contributed by atoms with Crippen molar-refractivity contribution in [3.8, 4) is 0 Å². The average molecular weight is 314 g/mol. The number of benzene rings is 1. The van der Waals surface area contributed by atoms with Gasteiger partial charge in [-0.1, -0.05) is 6.92 Å². The number of carboxylic acid groups (broad SMARTS) is 1. The quantitative estimate of drug-likeness (QED) is 0.940. The van der Waals surface area contributed by atoms with Crippen LogP contribution in [0.25, 0.3) is 10.9 Å². The number of aliphatic carboxylic acids is 1. The molecule has 1 aliphatic heterocycles. The summed E-state index contributed by atoms with van der Waals surface area (Å²) in [5.74, 6) is -1.09. The second kappa shape index (κ2) is 5.68. The molecular formula is C19H26N2O2. The molecule has 1 N–H and O–H groups in total. The Morgan fingerprint density at radius 1 is 1.22 bits per heavy atom. The first-order valence-corrected chi connectivity index (χ1v) is 8.36. The van der Waals surface area contributed by atoms with Crippen molar-refractivity contribution in [3.63, 3.8) is 0 Å². The third kappa shape index (κ3) is 2.65. The Morgan fingerprint density at radius 3 is 2.39 bits per heavy atom. The fourth-order valence-corrected chi connectivity index (χ4v) is 3.58. The van der Waals surface area contributed by atoms with E-state index >= 15 is 0 Å². The molecule has 0 saturated carbocycles. The second-order valence-electron chi connectivity index (χ2n) is 7.20. The van der Waals surface area contributed by atoms with Gasteiger partial charge < -0.3 is 9.67 Å². The number of carboxylic acids is 1. The monoisotopic (exact) mass is 314 g/mol. The zero-order valence-electron chi connectivity index (χ0n) is 14.7. The minimum absolute atomic E-state index is 0.361. The van der Waals surface area contributed by atoms with E-state index in [1.807, 2.05) is 0 Å². The van der Waals surface area contributed by atoms with Crippen LogP contribution in [0, 0.1) is 12.8 Å². The summed E-state index contributed by atoms with van der Waals surface area (Å²) >= 11 is 0. The van der Waals surface area contributed by atoms with E-state index in [9.17, 15) is 9.90 Å². The van der Waals surface area contributed by atoms with Gasteiger partial charge in [-0.3, -0.25) is 9.69 Å². The van der Waals surface area contributed by atoms with Crippen LogP contribution in [0.1, 0.15) is 43.2 Å². The molecule has 1 unspecified atom stereocenters. The van der Waals surface area contributed by atoms with Gasteiger partial charge in [-0.25, -0.2) is 0 Å². The smallest absolute Gasteiger partial charge is 0.306 e. The molecular weight excluding hydrogens is 288 g/mol. The van der Waals surface area contributed by atoms with Gasteiger partial charge in [0.05, 0.1) is 5.92 Å². The predicted octanol–water partition coefficient (Wildman–Crippen LogP) is 3.47. The van der Waals surface area contributed by atoms with Crippen LogP contribution in [0.4, 0.5) is 0 Å². The fraction of sp³-hybridized carbons (Fsp3) is 0.526. The van der Waals surface area contributed by atoms with Crippen molar-refractivity contribution >= 4 is 16.9 Å². The molecule has 0 fully saturated rings. The summed E-state index contributed by atoms with van der Waals surface area (Å²) < 4.78 is 2.21. The number of aromatic nitrogens is 1. The van der Waals surface area contributed by atoms with Gasteiger partial charge in [0.25, 0.3) is 0 Å². The molecule has 0 saturated heterocycles. The molecule has 1 aliphatic rings. The minimum atomic E-state index is -0.728. The number of aryl methyl sites for hydroxylation is 1. The highest BCUT2D eigenvalue weighted by atomic mass is 16.4. The van der Waals surface area contributed by atoms with Crippen molar-refractivity contribution in [1.29, 1.82) is 0 Å². The molecule has 1 atom stereocenters. The van der Waals surface area contributed by atoms with Crippen molar-refractivity contribution in [3.05, 3.63) is 34.5 Å². The van der Waals surface area contributed by atoms with Gasteiger partial charge in [-0.2, -0.15) is 0 Å². The molecule has 0 spiro atoms. The number of hydrogen-bond acceptors (Lipinski definition) is 2. The summed E-state index contributed by atoms with van der Waals surface area (Å²) in [4.78, 5) is 13.7. The van der Waals surface area contributed by atoms with Gasteiger partial charge in [-0.05, 0) is 56.0 Å². The Kier molecular flexibility index (Phi) is 3.96. The zero-order chi connectivity index (χ0) is 16.9. The van der Waals surface area contributed by atoms with Gasteiger partial charge in [-0.15, -0.1) is 0 Å². The maximum atomic E-state index is 11.2. The molecule has 3 rings (SSSR count). The lowest BCUT2D eigenvalue weighted by atomic mass is 9.97. The van der Waals surface area contributed by atoms with Gasteiger partial charge in [0.15, 0.2) is 0 Å². The first-order chi connectivity index (χ1) is 10.8. The predicted molar refractivity (Wildman–Crippen MR) is 92.5 cm³/mol. The van der Waals surface area contributed by atoms with Crippen LogP contribution in [-0.2, 0) is 31.4 Å². The van der Waals surface area contributed by atoms with Crippen LogP contribution in [0.3, 0.4) is 0 Å². The summed E-state index contributed by atoms with van der Waals surface area (Å²) in [7, 11) is 2.08. The van der Waals surface area contributed by atoms with E-state index in [2.05, 4.69) is 49.4 Å². The normalized spacial score (nSPS) is 16.3. The molecule has 0 bridgehead atoms. The van der Waals surface area contributed by atoms with Crippen molar-refractivity contribution < 1.29 is 9.90 Å². The number of hydrogen-bond donors (Lipinski definition) is 1. The average Bonchev–Trinajstić information content (AvgIpc) is 3.00. The molecule has 0 radical (unpaired) electrons. The lowest BCUT2D eigenvalue weighted by molar-refractivity contribution is -0.141. The summed E-state index contributed by atoms with van der Waals surface area (Å²) in [6.07, 6.45) is 0.588. The van der Waals surface area contributed by atoms with Crippen LogP contribution in [-0.4, -0.2) is 26.6 Å². The van der Waals surface area contributed by atoms with E-state index in [1.165, 1.54) is 33.3 Å². The summed E-state index contributed by atoms with van der Waals surface area (Å²) in [6.45, 7) is 10.3. The highest BCUT2D eigenvalue weighted by molar-refractivity contribution is 5.88. The molecule has 1 aromatic carbocycles. The summed E-state index contributed by atoms with van der Waals surface area (Å²) in [5, 5.41) is 10.5. The Labute approximate surface area is 137 Å². The third-order valence-electron chi connectivity index (χ3n) is 5.35. The lowest BCUT2D eigenvalue weighted by Crippen LogP contribution is -2.24. The van der Waals surface area contributed by atoms with E-state index in [1.54, 1.807) is 6.92 Å². The van der Waals surface area contributed by atoms with Gasteiger partial charge in [0.2, 0.25) is 0 Å². The first-order valence-electron chi connectivity index (χ1n) is 8.36. The van der Waals surface area contributed by atoms with E-state index in [-0.39, 0.29) is 5.92 Å². The SMILES string of the molecule is Cc1c(CC(C)C(=O)O)c2cc3c(cc2n1C)CN(C(C)C)C3. The lowest BCUT2D eigenvalue weighted by Gasteiger charge is -2.18. The Bertz CT molecular complexity index is 774. The number of carbonyl (C=O) groups is 1. The maximum absolute atomic E-state index is 11.2. The van der Waals surface area contributed by atoms with Crippen LogP contribution < -0.4 is 0 Å². The Morgan fingerprint density at radius 2 is 1.83 bits per heavy atom. The topological polar surface area (TPSA) is 45.5 Å². The maximum Gasteiger partial charge on any atom is 0.306 e. The van der Waals surface area contributed by atoms with Crippen LogP contribution in [0.15, 0.2) is 12.1 Å².